The third kappa shape index (κ3) is 1.92. The average Bonchev–Trinajstić information content (AvgIpc) is 2.29. The Labute approximate surface area is 105 Å². The summed E-state index contributed by atoms with van der Waals surface area (Å²) in [7, 11) is 0. The van der Waals surface area contributed by atoms with Gasteiger partial charge in [0.1, 0.15) is 0 Å². The van der Waals surface area contributed by atoms with Gasteiger partial charge >= 0.3 is 0 Å². The van der Waals surface area contributed by atoms with Crippen molar-refractivity contribution in [2.45, 2.75) is 18.6 Å². The number of pyridine rings is 1. The van der Waals surface area contributed by atoms with E-state index in [4.69, 9.17) is 11.6 Å². The zero-order valence-electron chi connectivity index (χ0n) is 9.62. The van der Waals surface area contributed by atoms with Crippen LogP contribution in [0.2, 0.25) is 5.02 Å². The van der Waals surface area contributed by atoms with Crippen molar-refractivity contribution >= 4 is 34.3 Å². The summed E-state index contributed by atoms with van der Waals surface area (Å²) in [5.41, 5.74) is 2.04. The van der Waals surface area contributed by atoms with Crippen LogP contribution in [0.3, 0.4) is 0 Å². The molecule has 0 fully saturated rings. The molecule has 16 heavy (non-hydrogen) atoms. The Kier molecular flexibility index (Phi) is 3.13. The van der Waals surface area contributed by atoms with E-state index in [1.54, 1.807) is 18.0 Å². The van der Waals surface area contributed by atoms with Crippen molar-refractivity contribution in [2.75, 3.05) is 6.26 Å². The summed E-state index contributed by atoms with van der Waals surface area (Å²) >= 11 is 8.22. The minimum absolute atomic E-state index is 0.0167. The molecule has 0 bridgehead atoms. The Hall–Kier alpha value is -0.730. The van der Waals surface area contributed by atoms with Gasteiger partial charge in [-0.25, -0.2) is 0 Å². The third-order valence-corrected chi connectivity index (χ3v) is 4.49. The predicted octanol–water partition coefficient (Wildman–Crippen LogP) is 4.49. The van der Waals surface area contributed by atoms with Gasteiger partial charge in [0.15, 0.2) is 0 Å². The maximum atomic E-state index is 6.43. The van der Waals surface area contributed by atoms with Crippen molar-refractivity contribution in [2.24, 2.45) is 0 Å². The first-order valence-corrected chi connectivity index (χ1v) is 6.75. The molecule has 1 heterocycles. The summed E-state index contributed by atoms with van der Waals surface area (Å²) in [6.07, 6.45) is 3.88. The molecule has 0 amide bonds. The van der Waals surface area contributed by atoms with Crippen molar-refractivity contribution in [3.63, 3.8) is 0 Å². The van der Waals surface area contributed by atoms with Crippen molar-refractivity contribution in [3.8, 4) is 0 Å². The van der Waals surface area contributed by atoms with Gasteiger partial charge in [-0.3, -0.25) is 4.98 Å². The molecule has 0 N–H and O–H groups in total. The van der Waals surface area contributed by atoms with Crippen LogP contribution in [0.4, 0.5) is 0 Å². The molecule has 0 saturated heterocycles. The zero-order valence-corrected chi connectivity index (χ0v) is 11.2. The van der Waals surface area contributed by atoms with Gasteiger partial charge in [-0.15, -0.1) is 0 Å². The molecule has 0 aliphatic carbocycles. The smallest absolute Gasteiger partial charge is 0.0891 e. The molecule has 0 atom stereocenters. The largest absolute Gasteiger partial charge is 0.255 e. The monoisotopic (exact) mass is 251 g/mol. The first kappa shape index (κ1) is 11.7. The van der Waals surface area contributed by atoms with Gasteiger partial charge in [0.05, 0.1) is 10.5 Å². The van der Waals surface area contributed by atoms with Crippen LogP contribution >= 0.6 is 23.4 Å². The van der Waals surface area contributed by atoms with Crippen molar-refractivity contribution in [1.29, 1.82) is 0 Å². The van der Waals surface area contributed by atoms with E-state index in [9.17, 15) is 0 Å². The van der Waals surface area contributed by atoms with Gasteiger partial charge in [0.2, 0.25) is 0 Å². The summed E-state index contributed by atoms with van der Waals surface area (Å²) in [4.78, 5) is 4.35. The fourth-order valence-corrected chi connectivity index (χ4v) is 2.59. The SMILES string of the molecule is CSC(C)(C)c1ccc2cccnc2c1Cl. The average molecular weight is 252 g/mol. The van der Waals surface area contributed by atoms with Gasteiger partial charge in [-0.05, 0) is 31.7 Å². The molecule has 0 saturated carbocycles. The van der Waals surface area contributed by atoms with E-state index < -0.39 is 0 Å². The topological polar surface area (TPSA) is 12.9 Å². The summed E-state index contributed by atoms with van der Waals surface area (Å²) in [6, 6.07) is 8.15. The van der Waals surface area contributed by atoms with Crippen LogP contribution in [0.25, 0.3) is 10.9 Å². The number of hydrogen-bond acceptors (Lipinski definition) is 2. The quantitative estimate of drug-likeness (QED) is 0.780. The molecule has 1 nitrogen and oxygen atoms in total. The van der Waals surface area contributed by atoms with Gasteiger partial charge in [-0.1, -0.05) is 29.8 Å². The number of benzene rings is 1. The van der Waals surface area contributed by atoms with Crippen LogP contribution in [-0.4, -0.2) is 11.2 Å². The Bertz CT molecular complexity index is 522. The Morgan fingerprint density at radius 1 is 1.25 bits per heavy atom. The van der Waals surface area contributed by atoms with Crippen LogP contribution in [0, 0.1) is 0 Å². The molecule has 0 aliphatic heterocycles. The number of thioether (sulfide) groups is 1. The van der Waals surface area contributed by atoms with E-state index in [0.29, 0.717) is 0 Å². The first-order chi connectivity index (χ1) is 7.56. The highest BCUT2D eigenvalue weighted by Crippen LogP contribution is 2.40. The lowest BCUT2D eigenvalue weighted by atomic mass is 10.0. The van der Waals surface area contributed by atoms with Crippen LogP contribution in [0.1, 0.15) is 19.4 Å². The fourth-order valence-electron chi connectivity index (χ4n) is 1.68. The van der Waals surface area contributed by atoms with E-state index in [2.05, 4.69) is 37.2 Å². The summed E-state index contributed by atoms with van der Waals surface area (Å²) in [6.45, 7) is 4.35. The second kappa shape index (κ2) is 4.27. The summed E-state index contributed by atoms with van der Waals surface area (Å²) < 4.78 is 0.0167. The maximum Gasteiger partial charge on any atom is 0.0891 e. The lowest BCUT2D eigenvalue weighted by molar-refractivity contribution is 0.787. The molecular formula is C13H14ClNS. The third-order valence-electron chi connectivity index (χ3n) is 2.87. The predicted molar refractivity (Wildman–Crippen MR) is 73.3 cm³/mol. The van der Waals surface area contributed by atoms with Crippen LogP contribution in [-0.2, 0) is 4.75 Å². The molecule has 1 aromatic heterocycles. The number of aromatic nitrogens is 1. The van der Waals surface area contributed by atoms with E-state index >= 15 is 0 Å². The van der Waals surface area contributed by atoms with Crippen molar-refractivity contribution in [3.05, 3.63) is 41.0 Å². The number of nitrogens with zero attached hydrogens (tertiary/aromatic N) is 1. The number of fused-ring (bicyclic) bond motifs is 1. The van der Waals surface area contributed by atoms with E-state index in [0.717, 1.165) is 21.5 Å². The Balaban J connectivity index is 2.70. The van der Waals surface area contributed by atoms with Gasteiger partial charge in [0.25, 0.3) is 0 Å². The van der Waals surface area contributed by atoms with Gasteiger partial charge in [0, 0.05) is 16.3 Å². The number of rotatable bonds is 2. The fraction of sp³-hybridized carbons (Fsp3) is 0.308. The van der Waals surface area contributed by atoms with Crippen LogP contribution < -0.4 is 0 Å². The molecule has 0 aliphatic rings. The standard InChI is InChI=1S/C13H14ClNS/c1-13(2,16-3)10-7-6-9-5-4-8-15-12(9)11(10)14/h4-8H,1-3H3. The lowest BCUT2D eigenvalue weighted by Crippen LogP contribution is -2.12. The zero-order chi connectivity index (χ0) is 11.8. The number of hydrogen-bond donors (Lipinski definition) is 0. The van der Waals surface area contributed by atoms with E-state index in [-0.39, 0.29) is 4.75 Å². The summed E-state index contributed by atoms with van der Waals surface area (Å²) in [5.74, 6) is 0. The molecule has 84 valence electrons. The van der Waals surface area contributed by atoms with Gasteiger partial charge < -0.3 is 0 Å². The Morgan fingerprint density at radius 3 is 2.69 bits per heavy atom. The van der Waals surface area contributed by atoms with Crippen molar-refractivity contribution < 1.29 is 0 Å². The molecular weight excluding hydrogens is 238 g/mol. The molecule has 0 unspecified atom stereocenters. The Morgan fingerprint density at radius 2 is 2.00 bits per heavy atom. The molecule has 2 aromatic rings. The van der Waals surface area contributed by atoms with Crippen LogP contribution in [0.5, 0.6) is 0 Å². The highest BCUT2D eigenvalue weighted by molar-refractivity contribution is 7.99. The second-order valence-corrected chi connectivity index (χ2v) is 6.02. The lowest BCUT2D eigenvalue weighted by Gasteiger charge is -2.24. The first-order valence-electron chi connectivity index (χ1n) is 5.15. The van der Waals surface area contributed by atoms with E-state index in [1.165, 1.54) is 0 Å². The highest BCUT2D eigenvalue weighted by atomic mass is 35.5. The molecule has 2 rings (SSSR count). The minimum atomic E-state index is 0.0167. The van der Waals surface area contributed by atoms with E-state index in [1.807, 2.05) is 12.1 Å². The van der Waals surface area contributed by atoms with Crippen molar-refractivity contribution in [1.82, 2.24) is 4.98 Å². The highest BCUT2D eigenvalue weighted by Gasteiger charge is 2.23. The maximum absolute atomic E-state index is 6.43. The normalized spacial score (nSPS) is 12.0. The second-order valence-electron chi connectivity index (χ2n) is 4.22. The van der Waals surface area contributed by atoms with Crippen LogP contribution in [0.15, 0.2) is 30.5 Å². The molecule has 3 heteroatoms. The summed E-state index contributed by atoms with van der Waals surface area (Å²) in [5, 5.41) is 1.87. The molecule has 0 radical (unpaired) electrons. The molecule has 0 spiro atoms. The van der Waals surface area contributed by atoms with Gasteiger partial charge in [-0.2, -0.15) is 11.8 Å². The molecule has 1 aromatic carbocycles. The minimum Gasteiger partial charge on any atom is -0.255 e. The number of halogens is 1.